The molecule has 0 aliphatic carbocycles. The van der Waals surface area contributed by atoms with Gasteiger partial charge in [-0.3, -0.25) is 0 Å². The van der Waals surface area contributed by atoms with Crippen molar-refractivity contribution in [3.63, 3.8) is 0 Å². The SMILES string of the molecule is C=CC(CC=O)CCC. The molecule has 52 valence electrons. The monoisotopic (exact) mass is 126 g/mol. The quantitative estimate of drug-likeness (QED) is 0.407. The van der Waals surface area contributed by atoms with E-state index in [0.29, 0.717) is 12.3 Å². The molecule has 0 saturated heterocycles. The molecule has 1 nitrogen and oxygen atoms in total. The summed E-state index contributed by atoms with van der Waals surface area (Å²) in [6.45, 7) is 5.75. The Labute approximate surface area is 56.8 Å². The van der Waals surface area contributed by atoms with Crippen molar-refractivity contribution in [2.45, 2.75) is 26.2 Å². The van der Waals surface area contributed by atoms with Gasteiger partial charge in [-0.1, -0.05) is 19.4 Å². The Kier molecular flexibility index (Phi) is 5.18. The molecule has 0 aromatic rings. The predicted molar refractivity (Wildman–Crippen MR) is 39.3 cm³/mol. The lowest BCUT2D eigenvalue weighted by Crippen LogP contribution is -1.95. The number of allylic oxidation sites excluding steroid dienone is 1. The topological polar surface area (TPSA) is 17.1 Å². The smallest absolute Gasteiger partial charge is 0.120 e. The first kappa shape index (κ1) is 8.41. The van der Waals surface area contributed by atoms with Crippen LogP contribution in [0.5, 0.6) is 0 Å². The lowest BCUT2D eigenvalue weighted by atomic mass is 10.0. The zero-order valence-electron chi connectivity index (χ0n) is 5.97. The summed E-state index contributed by atoms with van der Waals surface area (Å²) in [4.78, 5) is 10.0. The lowest BCUT2D eigenvalue weighted by molar-refractivity contribution is -0.108. The molecule has 0 saturated carbocycles. The standard InChI is InChI=1S/C8H14O/c1-3-5-8(4-2)6-7-9/h4,7-8H,2-3,5-6H2,1H3. The van der Waals surface area contributed by atoms with E-state index in [2.05, 4.69) is 13.5 Å². The molecule has 0 rings (SSSR count). The van der Waals surface area contributed by atoms with Crippen LogP contribution in [-0.4, -0.2) is 6.29 Å². The summed E-state index contributed by atoms with van der Waals surface area (Å²) < 4.78 is 0. The van der Waals surface area contributed by atoms with Crippen LogP contribution >= 0.6 is 0 Å². The van der Waals surface area contributed by atoms with E-state index in [-0.39, 0.29) is 0 Å². The highest BCUT2D eigenvalue weighted by molar-refractivity contribution is 5.50. The minimum absolute atomic E-state index is 0.410. The third-order valence-corrected chi connectivity index (χ3v) is 1.39. The molecule has 0 aromatic carbocycles. The molecular formula is C8H14O. The molecular weight excluding hydrogens is 112 g/mol. The van der Waals surface area contributed by atoms with E-state index >= 15 is 0 Å². The number of carbonyl (C=O) groups excluding carboxylic acids is 1. The average molecular weight is 126 g/mol. The van der Waals surface area contributed by atoms with E-state index in [1.54, 1.807) is 0 Å². The maximum absolute atomic E-state index is 10.0. The van der Waals surface area contributed by atoms with E-state index in [1.165, 1.54) is 0 Å². The van der Waals surface area contributed by atoms with Crippen LogP contribution in [0.3, 0.4) is 0 Å². The van der Waals surface area contributed by atoms with Crippen LogP contribution in [0.15, 0.2) is 12.7 Å². The Hall–Kier alpha value is -0.590. The zero-order valence-corrected chi connectivity index (χ0v) is 5.97. The first-order valence-corrected chi connectivity index (χ1v) is 3.41. The van der Waals surface area contributed by atoms with E-state index in [4.69, 9.17) is 0 Å². The molecule has 1 unspecified atom stereocenters. The van der Waals surface area contributed by atoms with Crippen LogP contribution in [0, 0.1) is 5.92 Å². The largest absolute Gasteiger partial charge is 0.303 e. The number of aldehydes is 1. The lowest BCUT2D eigenvalue weighted by Gasteiger charge is -2.03. The molecule has 0 radical (unpaired) electrons. The Balaban J connectivity index is 3.40. The molecule has 1 atom stereocenters. The second-order valence-electron chi connectivity index (χ2n) is 2.19. The van der Waals surface area contributed by atoms with Crippen molar-refractivity contribution in [1.29, 1.82) is 0 Å². The zero-order chi connectivity index (χ0) is 7.11. The van der Waals surface area contributed by atoms with Gasteiger partial charge in [0.1, 0.15) is 6.29 Å². The highest BCUT2D eigenvalue weighted by Gasteiger charge is 1.99. The molecule has 9 heavy (non-hydrogen) atoms. The Morgan fingerprint density at radius 2 is 2.33 bits per heavy atom. The van der Waals surface area contributed by atoms with Crippen molar-refractivity contribution in [1.82, 2.24) is 0 Å². The van der Waals surface area contributed by atoms with Gasteiger partial charge in [0.05, 0.1) is 0 Å². The van der Waals surface area contributed by atoms with Crippen LogP contribution in [0.25, 0.3) is 0 Å². The van der Waals surface area contributed by atoms with Gasteiger partial charge in [0.2, 0.25) is 0 Å². The third-order valence-electron chi connectivity index (χ3n) is 1.39. The van der Waals surface area contributed by atoms with Crippen LogP contribution in [0.2, 0.25) is 0 Å². The maximum atomic E-state index is 10.0. The molecule has 0 amide bonds. The molecule has 0 fully saturated rings. The van der Waals surface area contributed by atoms with E-state index in [1.807, 2.05) is 6.08 Å². The summed E-state index contributed by atoms with van der Waals surface area (Å²) in [5.41, 5.74) is 0. The first-order chi connectivity index (χ1) is 4.35. The van der Waals surface area contributed by atoms with Crippen molar-refractivity contribution < 1.29 is 4.79 Å². The summed E-state index contributed by atoms with van der Waals surface area (Å²) in [5.74, 6) is 0.410. The normalized spacial score (nSPS) is 12.6. The van der Waals surface area contributed by atoms with Gasteiger partial charge in [0.25, 0.3) is 0 Å². The molecule has 0 aliphatic rings. The van der Waals surface area contributed by atoms with Crippen LogP contribution in [-0.2, 0) is 4.79 Å². The van der Waals surface area contributed by atoms with Gasteiger partial charge >= 0.3 is 0 Å². The second kappa shape index (κ2) is 5.54. The fourth-order valence-corrected chi connectivity index (χ4v) is 0.826. The van der Waals surface area contributed by atoms with E-state index in [0.717, 1.165) is 19.1 Å². The van der Waals surface area contributed by atoms with Crippen molar-refractivity contribution in [2.24, 2.45) is 5.92 Å². The fourth-order valence-electron chi connectivity index (χ4n) is 0.826. The Morgan fingerprint density at radius 1 is 1.67 bits per heavy atom. The minimum atomic E-state index is 0.410. The minimum Gasteiger partial charge on any atom is -0.303 e. The second-order valence-corrected chi connectivity index (χ2v) is 2.19. The van der Waals surface area contributed by atoms with Gasteiger partial charge < -0.3 is 4.79 Å². The number of hydrogen-bond acceptors (Lipinski definition) is 1. The van der Waals surface area contributed by atoms with Gasteiger partial charge in [-0.05, 0) is 12.3 Å². The van der Waals surface area contributed by atoms with Gasteiger partial charge in [-0.15, -0.1) is 6.58 Å². The first-order valence-electron chi connectivity index (χ1n) is 3.41. The highest BCUT2D eigenvalue weighted by atomic mass is 16.1. The van der Waals surface area contributed by atoms with Crippen LogP contribution in [0.1, 0.15) is 26.2 Å². The average Bonchev–Trinajstić information content (AvgIpc) is 1.88. The summed E-state index contributed by atoms with van der Waals surface area (Å²) in [5, 5.41) is 0. The molecule has 0 heterocycles. The van der Waals surface area contributed by atoms with Gasteiger partial charge in [-0.25, -0.2) is 0 Å². The Bertz CT molecular complexity index is 86.6. The predicted octanol–water partition coefficient (Wildman–Crippen LogP) is 2.18. The fraction of sp³-hybridized carbons (Fsp3) is 0.625. The van der Waals surface area contributed by atoms with Gasteiger partial charge in [0, 0.05) is 6.42 Å². The molecule has 0 spiro atoms. The summed E-state index contributed by atoms with van der Waals surface area (Å²) in [6.07, 6.45) is 5.67. The number of rotatable bonds is 5. The van der Waals surface area contributed by atoms with Gasteiger partial charge in [0.15, 0.2) is 0 Å². The summed E-state index contributed by atoms with van der Waals surface area (Å²) in [7, 11) is 0. The van der Waals surface area contributed by atoms with E-state index < -0.39 is 0 Å². The van der Waals surface area contributed by atoms with Gasteiger partial charge in [-0.2, -0.15) is 0 Å². The van der Waals surface area contributed by atoms with Crippen molar-refractivity contribution in [2.75, 3.05) is 0 Å². The van der Waals surface area contributed by atoms with Crippen molar-refractivity contribution >= 4 is 6.29 Å². The maximum Gasteiger partial charge on any atom is 0.120 e. The van der Waals surface area contributed by atoms with Crippen molar-refractivity contribution in [3.8, 4) is 0 Å². The molecule has 1 heteroatoms. The van der Waals surface area contributed by atoms with Crippen LogP contribution in [0.4, 0.5) is 0 Å². The van der Waals surface area contributed by atoms with Crippen LogP contribution < -0.4 is 0 Å². The van der Waals surface area contributed by atoms with Crippen molar-refractivity contribution in [3.05, 3.63) is 12.7 Å². The summed E-state index contributed by atoms with van der Waals surface area (Å²) >= 11 is 0. The molecule has 0 aromatic heterocycles. The molecule has 0 aliphatic heterocycles. The Morgan fingerprint density at radius 3 is 2.67 bits per heavy atom. The molecule has 0 bridgehead atoms. The van der Waals surface area contributed by atoms with E-state index in [9.17, 15) is 4.79 Å². The molecule has 0 N–H and O–H groups in total. The number of hydrogen-bond donors (Lipinski definition) is 0. The number of carbonyl (C=O) groups is 1. The summed E-state index contributed by atoms with van der Waals surface area (Å²) in [6, 6.07) is 0. The highest BCUT2D eigenvalue weighted by Crippen LogP contribution is 2.09. The third kappa shape index (κ3) is 3.95.